The van der Waals surface area contributed by atoms with Crippen LogP contribution in [0.25, 0.3) is 39.4 Å². The summed E-state index contributed by atoms with van der Waals surface area (Å²) < 4.78 is 1.79. The number of benzene rings is 3. The minimum absolute atomic E-state index is 0.521. The summed E-state index contributed by atoms with van der Waals surface area (Å²) in [6.07, 6.45) is 0. The maximum atomic E-state index is 10.0. The number of aryl methyl sites for hydroxylation is 1. The molecule has 30 heavy (non-hydrogen) atoms. The van der Waals surface area contributed by atoms with Gasteiger partial charge in [-0.3, -0.25) is 0 Å². The summed E-state index contributed by atoms with van der Waals surface area (Å²) in [5.41, 5.74) is 6.94. The van der Waals surface area contributed by atoms with Gasteiger partial charge in [0.1, 0.15) is 11.6 Å². The molecule has 0 aliphatic heterocycles. The molecule has 0 radical (unpaired) electrons. The van der Waals surface area contributed by atoms with E-state index in [1.807, 2.05) is 78.9 Å². The van der Waals surface area contributed by atoms with Gasteiger partial charge in [-0.25, -0.2) is 9.50 Å². The summed E-state index contributed by atoms with van der Waals surface area (Å²) >= 11 is 0. The molecule has 0 atom stereocenters. The van der Waals surface area contributed by atoms with Crippen LogP contribution in [0, 0.1) is 18.3 Å². The van der Waals surface area contributed by atoms with Crippen molar-refractivity contribution in [2.75, 3.05) is 0 Å². The highest BCUT2D eigenvalue weighted by molar-refractivity contribution is 5.83. The third-order valence-electron chi connectivity index (χ3n) is 5.19. The number of rotatable bonds is 3. The number of aromatic nitrogens is 3. The van der Waals surface area contributed by atoms with Crippen LogP contribution in [0.4, 0.5) is 0 Å². The molecule has 0 bridgehead atoms. The van der Waals surface area contributed by atoms with Crippen molar-refractivity contribution in [2.45, 2.75) is 6.92 Å². The Balaban J connectivity index is 1.85. The van der Waals surface area contributed by atoms with Crippen molar-refractivity contribution in [1.29, 1.82) is 5.26 Å². The van der Waals surface area contributed by atoms with Crippen molar-refractivity contribution in [3.8, 4) is 39.8 Å². The molecule has 5 aromatic rings. The van der Waals surface area contributed by atoms with Crippen LogP contribution in [0.5, 0.6) is 0 Å². The Kier molecular flexibility index (Phi) is 4.34. The molecule has 0 N–H and O–H groups in total. The van der Waals surface area contributed by atoms with E-state index in [9.17, 15) is 5.26 Å². The minimum Gasteiger partial charge on any atom is -0.211 e. The van der Waals surface area contributed by atoms with Gasteiger partial charge in [-0.2, -0.15) is 5.26 Å². The van der Waals surface area contributed by atoms with E-state index in [4.69, 9.17) is 10.1 Å². The Morgan fingerprint density at radius 3 is 2.03 bits per heavy atom. The predicted octanol–water partition coefficient (Wildman–Crippen LogP) is 5.91. The number of nitrogens with zero attached hydrogens (tertiary/aromatic N) is 4. The van der Waals surface area contributed by atoms with Crippen molar-refractivity contribution in [2.24, 2.45) is 0 Å². The third kappa shape index (κ3) is 3.03. The molecule has 4 heteroatoms. The van der Waals surface area contributed by atoms with E-state index in [0.29, 0.717) is 17.0 Å². The number of hydrogen-bond donors (Lipinski definition) is 0. The molecule has 3 aromatic carbocycles. The fraction of sp³-hybridized carbons (Fsp3) is 0.0385. The Bertz CT molecular complexity index is 1380. The van der Waals surface area contributed by atoms with Gasteiger partial charge < -0.3 is 0 Å². The fourth-order valence-corrected chi connectivity index (χ4v) is 3.63. The van der Waals surface area contributed by atoms with E-state index in [-0.39, 0.29) is 0 Å². The highest BCUT2D eigenvalue weighted by atomic mass is 15.3. The summed E-state index contributed by atoms with van der Waals surface area (Å²) in [5, 5.41) is 14.8. The van der Waals surface area contributed by atoms with Crippen LogP contribution < -0.4 is 0 Å². The molecule has 0 amide bonds. The van der Waals surface area contributed by atoms with Gasteiger partial charge in [0, 0.05) is 16.7 Å². The predicted molar refractivity (Wildman–Crippen MR) is 119 cm³/mol. The summed E-state index contributed by atoms with van der Waals surface area (Å²) in [7, 11) is 0. The molecule has 0 spiro atoms. The average Bonchev–Trinajstić information content (AvgIpc) is 3.25. The maximum Gasteiger partial charge on any atom is 0.182 e. The van der Waals surface area contributed by atoms with Gasteiger partial charge in [0.15, 0.2) is 11.5 Å². The Labute approximate surface area is 174 Å². The molecule has 0 aliphatic rings. The van der Waals surface area contributed by atoms with Crippen LogP contribution in [-0.2, 0) is 0 Å². The lowest BCUT2D eigenvalue weighted by Gasteiger charge is -2.11. The first kappa shape index (κ1) is 17.8. The van der Waals surface area contributed by atoms with Crippen LogP contribution in [0.3, 0.4) is 0 Å². The van der Waals surface area contributed by atoms with Crippen molar-refractivity contribution in [3.63, 3.8) is 0 Å². The second kappa shape index (κ2) is 7.31. The highest BCUT2D eigenvalue weighted by Gasteiger charge is 2.19. The summed E-state index contributed by atoms with van der Waals surface area (Å²) in [6, 6.07) is 32.5. The molecule has 0 aliphatic carbocycles. The normalized spacial score (nSPS) is 10.8. The molecule has 0 saturated heterocycles. The molecule has 2 heterocycles. The monoisotopic (exact) mass is 386 g/mol. The van der Waals surface area contributed by atoms with Crippen LogP contribution in [0.15, 0.2) is 91.0 Å². The number of nitriles is 1. The van der Waals surface area contributed by atoms with Crippen LogP contribution in [-0.4, -0.2) is 14.6 Å². The minimum atomic E-state index is 0.521. The lowest BCUT2D eigenvalue weighted by Crippen LogP contribution is -1.99. The van der Waals surface area contributed by atoms with Crippen LogP contribution in [0.1, 0.15) is 11.1 Å². The molecule has 2 aromatic heterocycles. The van der Waals surface area contributed by atoms with Crippen molar-refractivity contribution in [1.82, 2.24) is 14.6 Å². The number of fused-ring (bicyclic) bond motifs is 1. The lowest BCUT2D eigenvalue weighted by atomic mass is 9.98. The van der Waals surface area contributed by atoms with E-state index >= 15 is 0 Å². The van der Waals surface area contributed by atoms with Gasteiger partial charge in [-0.05, 0) is 18.6 Å². The molecule has 5 rings (SSSR count). The summed E-state index contributed by atoms with van der Waals surface area (Å²) in [5.74, 6) is 0.602. The van der Waals surface area contributed by atoms with E-state index in [1.165, 1.54) is 5.56 Å². The third-order valence-corrected chi connectivity index (χ3v) is 5.19. The number of hydrogen-bond acceptors (Lipinski definition) is 3. The molecule has 4 nitrogen and oxygen atoms in total. The zero-order valence-corrected chi connectivity index (χ0v) is 16.4. The number of pyridine rings is 1. The summed E-state index contributed by atoms with van der Waals surface area (Å²) in [4.78, 5) is 4.77. The van der Waals surface area contributed by atoms with Crippen molar-refractivity contribution >= 4 is 5.65 Å². The van der Waals surface area contributed by atoms with E-state index in [0.717, 1.165) is 27.9 Å². The van der Waals surface area contributed by atoms with Crippen LogP contribution >= 0.6 is 0 Å². The van der Waals surface area contributed by atoms with Crippen molar-refractivity contribution < 1.29 is 0 Å². The molecular weight excluding hydrogens is 368 g/mol. The Morgan fingerprint density at radius 2 is 1.40 bits per heavy atom. The van der Waals surface area contributed by atoms with Gasteiger partial charge in [-0.15, -0.1) is 5.10 Å². The first-order valence-electron chi connectivity index (χ1n) is 9.76. The molecule has 0 saturated carbocycles. The summed E-state index contributed by atoms with van der Waals surface area (Å²) in [6.45, 7) is 2.05. The smallest absolute Gasteiger partial charge is 0.182 e. The zero-order valence-electron chi connectivity index (χ0n) is 16.4. The van der Waals surface area contributed by atoms with E-state index in [2.05, 4.69) is 25.1 Å². The van der Waals surface area contributed by atoms with E-state index in [1.54, 1.807) is 4.52 Å². The second-order valence-electron chi connectivity index (χ2n) is 7.20. The fourth-order valence-electron chi connectivity index (χ4n) is 3.63. The molecule has 142 valence electrons. The van der Waals surface area contributed by atoms with Gasteiger partial charge >= 0.3 is 0 Å². The largest absolute Gasteiger partial charge is 0.211 e. The standard InChI is InChI=1S/C26H18N4/c1-18-12-14-19(15-13-18)22-16-24(20-8-4-2-5-9-20)30-26(23(22)17-27)28-25(29-30)21-10-6-3-7-11-21/h2-16H,1H3. The first-order valence-corrected chi connectivity index (χ1v) is 9.76. The molecular formula is C26H18N4. The average molecular weight is 386 g/mol. The zero-order chi connectivity index (χ0) is 20.5. The quantitative estimate of drug-likeness (QED) is 0.387. The van der Waals surface area contributed by atoms with Gasteiger partial charge in [0.05, 0.1) is 5.69 Å². The highest BCUT2D eigenvalue weighted by Crippen LogP contribution is 2.33. The van der Waals surface area contributed by atoms with Gasteiger partial charge in [0.2, 0.25) is 0 Å². The van der Waals surface area contributed by atoms with E-state index < -0.39 is 0 Å². The Morgan fingerprint density at radius 1 is 0.767 bits per heavy atom. The molecule has 0 fully saturated rings. The first-order chi connectivity index (χ1) is 14.7. The maximum absolute atomic E-state index is 10.0. The van der Waals surface area contributed by atoms with Gasteiger partial charge in [-0.1, -0.05) is 90.5 Å². The Hall–Kier alpha value is -4.23. The van der Waals surface area contributed by atoms with Crippen LogP contribution in [0.2, 0.25) is 0 Å². The second-order valence-corrected chi connectivity index (χ2v) is 7.20. The topological polar surface area (TPSA) is 54.0 Å². The SMILES string of the molecule is Cc1ccc(-c2cc(-c3ccccc3)n3nc(-c4ccccc4)nc3c2C#N)cc1. The van der Waals surface area contributed by atoms with Gasteiger partial charge in [0.25, 0.3) is 0 Å². The van der Waals surface area contributed by atoms with Crippen molar-refractivity contribution in [3.05, 3.63) is 102 Å². The lowest BCUT2D eigenvalue weighted by molar-refractivity contribution is 0.972. The molecule has 0 unspecified atom stereocenters.